The molecule has 0 bridgehead atoms. The zero-order chi connectivity index (χ0) is 14.8. The van der Waals surface area contributed by atoms with Crippen LogP contribution in [-0.4, -0.2) is 39.3 Å². The van der Waals surface area contributed by atoms with E-state index in [0.717, 1.165) is 12.8 Å². The van der Waals surface area contributed by atoms with Crippen LogP contribution in [0.5, 0.6) is 0 Å². The van der Waals surface area contributed by atoms with Crippen LogP contribution in [0.25, 0.3) is 11.2 Å². The van der Waals surface area contributed by atoms with Crippen molar-refractivity contribution in [1.82, 2.24) is 19.5 Å². The van der Waals surface area contributed by atoms with E-state index < -0.39 is 7.58 Å². The Kier molecular flexibility index (Phi) is 4.56. The molecule has 0 amide bonds. The molecule has 0 radical (unpaired) electrons. The minimum atomic E-state index is -1.13. The van der Waals surface area contributed by atoms with E-state index in [1.54, 1.807) is 13.4 Å². The number of ether oxygens (including phenoxy) is 1. The molecule has 21 heavy (non-hydrogen) atoms. The zero-order valence-electron chi connectivity index (χ0n) is 11.4. The van der Waals surface area contributed by atoms with E-state index in [-0.39, 0.29) is 12.3 Å². The Morgan fingerprint density at radius 1 is 1.48 bits per heavy atom. The molecular formula is C11H16N5O3PS. The molecule has 3 heterocycles. The van der Waals surface area contributed by atoms with E-state index in [2.05, 4.69) is 27.2 Å². The van der Waals surface area contributed by atoms with Crippen LogP contribution >= 0.6 is 19.8 Å². The van der Waals surface area contributed by atoms with Gasteiger partial charge in [0.15, 0.2) is 11.5 Å². The van der Waals surface area contributed by atoms with Crippen LogP contribution < -0.4 is 5.73 Å². The predicted octanol–water partition coefficient (Wildman–Crippen LogP) is 1.91. The van der Waals surface area contributed by atoms with E-state index in [1.165, 1.54) is 6.33 Å². The summed E-state index contributed by atoms with van der Waals surface area (Å²) in [4.78, 5) is 12.4. The first-order chi connectivity index (χ1) is 10.2. The highest BCUT2D eigenvalue weighted by Crippen LogP contribution is 2.43. The summed E-state index contributed by atoms with van der Waals surface area (Å²) in [6, 6.07) is 0. The lowest BCUT2D eigenvalue weighted by molar-refractivity contribution is -0.0153. The van der Waals surface area contributed by atoms with Crippen molar-refractivity contribution in [1.29, 1.82) is 0 Å². The molecule has 2 aromatic rings. The molecule has 0 saturated carbocycles. The smallest absolute Gasteiger partial charge is 0.234 e. The number of imidazole rings is 1. The summed E-state index contributed by atoms with van der Waals surface area (Å²) in [5, 5.41) is 0. The molecule has 1 aliphatic rings. The minimum absolute atomic E-state index is 0.0129. The lowest BCUT2D eigenvalue weighted by atomic mass is 10.2. The Bertz CT molecular complexity index is 627. The molecule has 0 aliphatic carbocycles. The van der Waals surface area contributed by atoms with Gasteiger partial charge < -0.3 is 19.5 Å². The minimum Gasteiger partial charge on any atom is -0.382 e. The predicted molar refractivity (Wildman–Crippen MR) is 81.7 cm³/mol. The average Bonchev–Trinajstić information content (AvgIpc) is 3.11. The first kappa shape index (κ1) is 14.9. The highest BCUT2D eigenvalue weighted by Gasteiger charge is 2.28. The van der Waals surface area contributed by atoms with E-state index in [4.69, 9.17) is 19.5 Å². The number of hydrogen-bond donors (Lipinski definition) is 2. The van der Waals surface area contributed by atoms with Crippen molar-refractivity contribution in [3.05, 3.63) is 12.7 Å². The van der Waals surface area contributed by atoms with E-state index in [9.17, 15) is 0 Å². The molecule has 2 aromatic heterocycles. The molecule has 1 aliphatic heterocycles. The Morgan fingerprint density at radius 3 is 3.14 bits per heavy atom. The van der Waals surface area contributed by atoms with Gasteiger partial charge in [-0.3, -0.25) is 4.57 Å². The summed E-state index contributed by atoms with van der Waals surface area (Å²) in [6.45, 7) is 0.462. The van der Waals surface area contributed by atoms with E-state index in [1.807, 2.05) is 4.57 Å². The van der Waals surface area contributed by atoms with Crippen molar-refractivity contribution in [3.63, 3.8) is 0 Å². The van der Waals surface area contributed by atoms with Crippen molar-refractivity contribution < 1.29 is 13.8 Å². The molecule has 3 atom stereocenters. The van der Waals surface area contributed by atoms with Gasteiger partial charge in [0.2, 0.25) is 7.58 Å². The second kappa shape index (κ2) is 6.41. The molecule has 2 N–H and O–H groups in total. The van der Waals surface area contributed by atoms with Gasteiger partial charge in [0.1, 0.15) is 18.1 Å². The van der Waals surface area contributed by atoms with Crippen LogP contribution in [-0.2, 0) is 13.8 Å². The second-order valence-corrected chi connectivity index (χ2v) is 6.67. The summed E-state index contributed by atoms with van der Waals surface area (Å²) >= 11 is 4.16. The topological polar surface area (TPSA) is 97.3 Å². The maximum Gasteiger partial charge on any atom is 0.234 e. The standard InChI is InChI=1S/C11H16N5O3PS/c1-17-20(21)18-4-7-2-3-8(19-7)16-6-15-9-10(12)13-5-14-11(9)16/h5-8,21H,2-4H2,1H3,(H2,12,13,14). The van der Waals surface area contributed by atoms with E-state index >= 15 is 0 Å². The van der Waals surface area contributed by atoms with Gasteiger partial charge in [-0.25, -0.2) is 15.0 Å². The Hall–Kier alpha value is -0.990. The monoisotopic (exact) mass is 329 g/mol. The van der Waals surface area contributed by atoms with Crippen molar-refractivity contribution in [2.24, 2.45) is 0 Å². The van der Waals surface area contributed by atoms with Crippen LogP contribution in [0.2, 0.25) is 0 Å². The first-order valence-corrected chi connectivity index (χ1v) is 8.76. The fraction of sp³-hybridized carbons (Fsp3) is 0.545. The van der Waals surface area contributed by atoms with Crippen molar-refractivity contribution in [3.8, 4) is 0 Å². The molecule has 10 heteroatoms. The van der Waals surface area contributed by atoms with Crippen molar-refractivity contribution in [2.45, 2.75) is 25.2 Å². The molecule has 1 saturated heterocycles. The number of hydrogen-bond acceptors (Lipinski definition) is 8. The fourth-order valence-electron chi connectivity index (χ4n) is 2.29. The Morgan fingerprint density at radius 2 is 2.33 bits per heavy atom. The van der Waals surface area contributed by atoms with Crippen molar-refractivity contribution >= 4 is 36.8 Å². The third kappa shape index (κ3) is 3.12. The lowest BCUT2D eigenvalue weighted by Crippen LogP contribution is -2.15. The summed E-state index contributed by atoms with van der Waals surface area (Å²) < 4.78 is 18.3. The largest absolute Gasteiger partial charge is 0.382 e. The van der Waals surface area contributed by atoms with Crippen molar-refractivity contribution in [2.75, 3.05) is 19.5 Å². The van der Waals surface area contributed by atoms with E-state index in [0.29, 0.717) is 23.6 Å². The zero-order valence-corrected chi connectivity index (χ0v) is 13.2. The third-order valence-corrected chi connectivity index (χ3v) is 4.83. The lowest BCUT2D eigenvalue weighted by Gasteiger charge is -2.16. The van der Waals surface area contributed by atoms with Gasteiger partial charge in [0, 0.05) is 7.11 Å². The van der Waals surface area contributed by atoms with Crippen LogP contribution in [0.4, 0.5) is 5.82 Å². The molecule has 0 spiro atoms. The molecule has 0 aromatic carbocycles. The maximum atomic E-state index is 5.97. The van der Waals surface area contributed by atoms with Gasteiger partial charge in [-0.1, -0.05) is 12.2 Å². The number of nitrogens with two attached hydrogens (primary N) is 1. The number of nitrogens with zero attached hydrogens (tertiary/aromatic N) is 4. The van der Waals surface area contributed by atoms with Crippen LogP contribution in [0.3, 0.4) is 0 Å². The summed E-state index contributed by atoms with van der Waals surface area (Å²) in [7, 11) is 0.440. The Labute approximate surface area is 128 Å². The average molecular weight is 329 g/mol. The molecular weight excluding hydrogens is 313 g/mol. The number of anilines is 1. The number of fused-ring (bicyclic) bond motifs is 1. The molecule has 114 valence electrons. The summed E-state index contributed by atoms with van der Waals surface area (Å²) in [5.41, 5.74) is 7.06. The fourth-order valence-corrected chi connectivity index (χ4v) is 2.89. The van der Waals surface area contributed by atoms with Gasteiger partial charge >= 0.3 is 0 Å². The van der Waals surface area contributed by atoms with Gasteiger partial charge in [-0.15, -0.1) is 0 Å². The van der Waals surface area contributed by atoms with Crippen LogP contribution in [0.15, 0.2) is 12.7 Å². The number of nitrogen functional groups attached to an aromatic ring is 1. The normalized spacial score (nSPS) is 23.7. The van der Waals surface area contributed by atoms with Gasteiger partial charge in [0.05, 0.1) is 19.0 Å². The summed E-state index contributed by atoms with van der Waals surface area (Å²) in [6.07, 6.45) is 4.76. The molecule has 3 rings (SSSR count). The van der Waals surface area contributed by atoms with Gasteiger partial charge in [0.25, 0.3) is 0 Å². The second-order valence-electron chi connectivity index (χ2n) is 4.59. The number of rotatable bonds is 5. The Balaban J connectivity index is 1.69. The van der Waals surface area contributed by atoms with Crippen LogP contribution in [0, 0.1) is 0 Å². The third-order valence-electron chi connectivity index (χ3n) is 3.31. The SMILES string of the molecule is COP(S)OCC1CCC(n2cnc3c(N)ncnc32)O1. The quantitative estimate of drug-likeness (QED) is 0.639. The van der Waals surface area contributed by atoms with Gasteiger partial charge in [-0.05, 0) is 12.8 Å². The van der Waals surface area contributed by atoms with Gasteiger partial charge in [-0.2, -0.15) is 0 Å². The van der Waals surface area contributed by atoms with Crippen LogP contribution in [0.1, 0.15) is 19.1 Å². The molecule has 1 fully saturated rings. The molecule has 8 nitrogen and oxygen atoms in total. The highest BCUT2D eigenvalue weighted by molar-refractivity contribution is 8.41. The maximum absolute atomic E-state index is 5.97. The first-order valence-electron chi connectivity index (χ1n) is 6.43. The molecule has 3 unspecified atom stereocenters. The number of aromatic nitrogens is 4. The highest BCUT2D eigenvalue weighted by atomic mass is 32.7. The summed E-state index contributed by atoms with van der Waals surface area (Å²) in [5.74, 6) is 0.373. The number of thiol groups is 1.